The van der Waals surface area contributed by atoms with E-state index in [0.717, 1.165) is 13.0 Å². The summed E-state index contributed by atoms with van der Waals surface area (Å²) >= 11 is 0. The van der Waals surface area contributed by atoms with Crippen molar-refractivity contribution in [2.75, 3.05) is 20.6 Å². The van der Waals surface area contributed by atoms with Crippen molar-refractivity contribution < 1.29 is 9.85 Å². The molecule has 0 aromatic carbocycles. The molecule has 1 N–H and O–H groups in total. The molecule has 0 atom stereocenters. The minimum atomic E-state index is 0.123. The molecule has 0 aliphatic rings. The lowest BCUT2D eigenvalue weighted by Crippen LogP contribution is -2.36. The van der Waals surface area contributed by atoms with E-state index in [0.29, 0.717) is 0 Å². The summed E-state index contributed by atoms with van der Waals surface area (Å²) in [5, 5.41) is 9.52. The van der Waals surface area contributed by atoms with Gasteiger partial charge in [-0.05, 0) is 12.8 Å². The van der Waals surface area contributed by atoms with Crippen molar-refractivity contribution in [3.05, 3.63) is 0 Å². The summed E-state index contributed by atoms with van der Waals surface area (Å²) in [4.78, 5) is 0. The zero-order chi connectivity index (χ0) is 13.7. The number of nitrogens with zero attached hydrogens (tertiary/aromatic N) is 1. The van der Waals surface area contributed by atoms with Crippen molar-refractivity contribution in [2.45, 2.75) is 84.0 Å². The van der Waals surface area contributed by atoms with Gasteiger partial charge in [-0.15, -0.1) is 0 Å². The molecule has 110 valence electrons. The topological polar surface area (TPSA) is 20.2 Å². The molecule has 0 aliphatic heterocycles. The van der Waals surface area contributed by atoms with Crippen LogP contribution in [0.2, 0.25) is 0 Å². The second-order valence-corrected chi connectivity index (χ2v) is 6.23. The number of quaternary nitrogens is 1. The SMILES string of the molecule is CCCCCCCCCCCCCC[N+](C)(C)O. The van der Waals surface area contributed by atoms with Crippen LogP contribution < -0.4 is 0 Å². The monoisotopic (exact) mass is 258 g/mol. The number of hydroxylamine groups is 3. The molecule has 2 nitrogen and oxygen atoms in total. The zero-order valence-electron chi connectivity index (χ0n) is 13.1. The molecule has 0 rings (SSSR count). The normalized spacial score (nSPS) is 12.0. The number of hydrogen-bond donors (Lipinski definition) is 1. The fourth-order valence-electron chi connectivity index (χ4n) is 2.34. The van der Waals surface area contributed by atoms with Gasteiger partial charge in [0.15, 0.2) is 0 Å². The standard InChI is InChI=1S/C16H36NO/c1-4-5-6-7-8-9-10-11-12-13-14-15-16-17(2,3)18/h18H,4-16H2,1-3H3/q+1. The quantitative estimate of drug-likeness (QED) is 0.275. The van der Waals surface area contributed by atoms with Crippen molar-refractivity contribution in [1.29, 1.82) is 0 Å². The first-order chi connectivity index (χ1) is 8.56. The molecule has 0 unspecified atom stereocenters. The Morgan fingerprint density at radius 1 is 0.611 bits per heavy atom. The Hall–Kier alpha value is -0.0800. The van der Waals surface area contributed by atoms with E-state index in [1.54, 1.807) is 0 Å². The fourth-order valence-corrected chi connectivity index (χ4v) is 2.34. The van der Waals surface area contributed by atoms with E-state index in [9.17, 15) is 5.21 Å². The van der Waals surface area contributed by atoms with Gasteiger partial charge in [-0.2, -0.15) is 4.65 Å². The maximum atomic E-state index is 9.52. The van der Waals surface area contributed by atoms with Crippen molar-refractivity contribution >= 4 is 0 Å². The lowest BCUT2D eigenvalue weighted by molar-refractivity contribution is -1.07. The summed E-state index contributed by atoms with van der Waals surface area (Å²) in [5.41, 5.74) is 0. The van der Waals surface area contributed by atoms with Crippen LogP contribution in [0.1, 0.15) is 84.0 Å². The van der Waals surface area contributed by atoms with Crippen molar-refractivity contribution in [2.24, 2.45) is 0 Å². The molecule has 0 fully saturated rings. The molecule has 0 spiro atoms. The van der Waals surface area contributed by atoms with E-state index < -0.39 is 0 Å². The van der Waals surface area contributed by atoms with Crippen molar-refractivity contribution in [3.63, 3.8) is 0 Å². The molecule has 0 saturated heterocycles. The molecule has 0 heterocycles. The minimum absolute atomic E-state index is 0.123. The Bertz CT molecular complexity index is 163. The largest absolute Gasteiger partial charge is 0.217 e. The summed E-state index contributed by atoms with van der Waals surface area (Å²) in [5.74, 6) is 0. The van der Waals surface area contributed by atoms with Gasteiger partial charge in [-0.25, -0.2) is 5.21 Å². The molecular weight excluding hydrogens is 222 g/mol. The molecule has 0 bridgehead atoms. The average Bonchev–Trinajstić information content (AvgIpc) is 2.29. The Kier molecular flexibility index (Phi) is 11.9. The van der Waals surface area contributed by atoms with Gasteiger partial charge >= 0.3 is 0 Å². The molecule has 0 aliphatic carbocycles. The molecule has 0 aromatic rings. The molecule has 0 amide bonds. The fraction of sp³-hybridized carbons (Fsp3) is 1.00. The predicted molar refractivity (Wildman–Crippen MR) is 79.8 cm³/mol. The highest BCUT2D eigenvalue weighted by atomic mass is 16.5. The van der Waals surface area contributed by atoms with Gasteiger partial charge in [0, 0.05) is 0 Å². The van der Waals surface area contributed by atoms with Crippen LogP contribution >= 0.6 is 0 Å². The second-order valence-electron chi connectivity index (χ2n) is 6.23. The Morgan fingerprint density at radius 2 is 0.944 bits per heavy atom. The molecule has 18 heavy (non-hydrogen) atoms. The van der Waals surface area contributed by atoms with Crippen molar-refractivity contribution in [3.8, 4) is 0 Å². The lowest BCUT2D eigenvalue weighted by Gasteiger charge is -2.18. The van der Waals surface area contributed by atoms with E-state index in [2.05, 4.69) is 6.92 Å². The van der Waals surface area contributed by atoms with Crippen LogP contribution in [0.15, 0.2) is 0 Å². The maximum absolute atomic E-state index is 9.52. The molecule has 0 aromatic heterocycles. The summed E-state index contributed by atoms with van der Waals surface area (Å²) in [6.45, 7) is 3.16. The summed E-state index contributed by atoms with van der Waals surface area (Å²) in [6, 6.07) is 0. The Balaban J connectivity index is 2.99. The first kappa shape index (κ1) is 17.9. The second kappa shape index (κ2) is 12.0. The van der Waals surface area contributed by atoms with Gasteiger partial charge in [0.25, 0.3) is 0 Å². The Morgan fingerprint density at radius 3 is 1.28 bits per heavy atom. The van der Waals surface area contributed by atoms with Crippen LogP contribution in [0.4, 0.5) is 0 Å². The van der Waals surface area contributed by atoms with Gasteiger partial charge in [0.2, 0.25) is 0 Å². The summed E-state index contributed by atoms with van der Waals surface area (Å²) < 4.78 is 0.123. The van der Waals surface area contributed by atoms with E-state index >= 15 is 0 Å². The molecular formula is C16H36NO+. The van der Waals surface area contributed by atoms with Gasteiger partial charge in [-0.3, -0.25) is 0 Å². The summed E-state index contributed by atoms with van der Waals surface area (Å²) in [7, 11) is 3.69. The molecule has 2 heteroatoms. The maximum Gasteiger partial charge on any atom is 0.108 e. The van der Waals surface area contributed by atoms with Crippen LogP contribution in [0.3, 0.4) is 0 Å². The Labute approximate surface area is 115 Å². The number of unbranched alkanes of at least 4 members (excludes halogenated alkanes) is 11. The van der Waals surface area contributed by atoms with Crippen molar-refractivity contribution in [1.82, 2.24) is 0 Å². The van der Waals surface area contributed by atoms with E-state index in [1.165, 1.54) is 70.6 Å². The molecule has 0 radical (unpaired) electrons. The smallest absolute Gasteiger partial charge is 0.108 e. The average molecular weight is 258 g/mol. The van der Waals surface area contributed by atoms with Crippen LogP contribution in [-0.2, 0) is 0 Å². The third-order valence-electron chi connectivity index (χ3n) is 3.56. The van der Waals surface area contributed by atoms with Crippen LogP contribution in [0.5, 0.6) is 0 Å². The van der Waals surface area contributed by atoms with Gasteiger partial charge in [-0.1, -0.05) is 71.1 Å². The van der Waals surface area contributed by atoms with Gasteiger partial charge < -0.3 is 0 Å². The van der Waals surface area contributed by atoms with Gasteiger partial charge in [0.1, 0.15) is 6.54 Å². The van der Waals surface area contributed by atoms with Crippen LogP contribution in [-0.4, -0.2) is 30.5 Å². The van der Waals surface area contributed by atoms with Crippen LogP contribution in [0.25, 0.3) is 0 Å². The number of rotatable bonds is 13. The third-order valence-corrected chi connectivity index (χ3v) is 3.56. The first-order valence-corrected chi connectivity index (χ1v) is 8.12. The highest BCUT2D eigenvalue weighted by molar-refractivity contribution is 4.48. The summed E-state index contributed by atoms with van der Waals surface area (Å²) in [6.07, 6.45) is 16.5. The van der Waals surface area contributed by atoms with E-state index in [-0.39, 0.29) is 4.65 Å². The highest BCUT2D eigenvalue weighted by Gasteiger charge is 2.08. The third kappa shape index (κ3) is 15.9. The number of hydrogen-bond acceptors (Lipinski definition) is 1. The van der Waals surface area contributed by atoms with E-state index in [1.807, 2.05) is 14.1 Å². The predicted octanol–water partition coefficient (Wildman–Crippen LogP) is 5.15. The van der Waals surface area contributed by atoms with Crippen LogP contribution in [0, 0.1) is 0 Å². The van der Waals surface area contributed by atoms with Gasteiger partial charge in [0.05, 0.1) is 14.1 Å². The highest BCUT2D eigenvalue weighted by Crippen LogP contribution is 2.12. The minimum Gasteiger partial charge on any atom is -0.217 e. The lowest BCUT2D eigenvalue weighted by atomic mass is 10.1. The first-order valence-electron chi connectivity index (χ1n) is 8.12. The zero-order valence-corrected chi connectivity index (χ0v) is 13.1. The molecule has 0 saturated carbocycles. The van der Waals surface area contributed by atoms with E-state index in [4.69, 9.17) is 0 Å².